The van der Waals surface area contributed by atoms with Gasteiger partial charge in [-0.3, -0.25) is 0 Å². The van der Waals surface area contributed by atoms with E-state index in [2.05, 4.69) is 66.7 Å². The number of rotatable bonds is 6. The van der Waals surface area contributed by atoms with Gasteiger partial charge in [0.2, 0.25) is 0 Å². The third kappa shape index (κ3) is 2.65. The van der Waals surface area contributed by atoms with Crippen molar-refractivity contribution in [2.45, 2.75) is 32.1 Å². The van der Waals surface area contributed by atoms with E-state index in [4.69, 9.17) is 5.73 Å². The summed E-state index contributed by atoms with van der Waals surface area (Å²) in [7, 11) is 0. The zero-order chi connectivity index (χ0) is 18.2. The van der Waals surface area contributed by atoms with Crippen LogP contribution in [0.25, 0.3) is 43.1 Å². The standard InChI is InChI=1S/C26H25N/c27-17-4-2-1-3-8-19-15-16-20-11-6-13-22-21-12-5-9-18-10-7-14-23(24(18)21)26(19)25(20)22/h5-7,9-16H,1-4,8,17,27H2. The van der Waals surface area contributed by atoms with Gasteiger partial charge in [0.05, 0.1) is 0 Å². The Morgan fingerprint density at radius 2 is 1.15 bits per heavy atom. The lowest BCUT2D eigenvalue weighted by Gasteiger charge is -2.17. The molecule has 0 unspecified atom stereocenters. The molecule has 0 saturated heterocycles. The highest BCUT2D eigenvalue weighted by atomic mass is 14.5. The van der Waals surface area contributed by atoms with Gasteiger partial charge in [0, 0.05) is 0 Å². The molecule has 0 amide bonds. The average Bonchev–Trinajstić information content (AvgIpc) is 2.72. The number of nitrogens with two attached hydrogens (primary N) is 1. The second kappa shape index (κ2) is 6.83. The minimum absolute atomic E-state index is 0.809. The molecule has 5 aromatic carbocycles. The Morgan fingerprint density at radius 3 is 1.89 bits per heavy atom. The van der Waals surface area contributed by atoms with Crippen LogP contribution in [0.2, 0.25) is 0 Å². The highest BCUT2D eigenvalue weighted by Crippen LogP contribution is 2.41. The number of benzene rings is 5. The fourth-order valence-corrected chi connectivity index (χ4v) is 4.75. The van der Waals surface area contributed by atoms with Gasteiger partial charge in [0.15, 0.2) is 0 Å². The Labute approximate surface area is 160 Å². The molecule has 1 heteroatoms. The lowest BCUT2D eigenvalue weighted by Crippen LogP contribution is -1.98. The molecule has 0 saturated carbocycles. The summed E-state index contributed by atoms with van der Waals surface area (Å²) in [6.07, 6.45) is 6.02. The van der Waals surface area contributed by atoms with Crippen molar-refractivity contribution < 1.29 is 0 Å². The Hall–Kier alpha value is -2.64. The summed E-state index contributed by atoms with van der Waals surface area (Å²) < 4.78 is 0. The van der Waals surface area contributed by atoms with Crippen LogP contribution >= 0.6 is 0 Å². The normalized spacial score (nSPS) is 12.0. The maximum Gasteiger partial charge on any atom is -0.00236 e. The molecule has 0 aliphatic rings. The van der Waals surface area contributed by atoms with Crippen molar-refractivity contribution in [3.05, 3.63) is 72.3 Å². The highest BCUT2D eigenvalue weighted by Gasteiger charge is 2.14. The van der Waals surface area contributed by atoms with Crippen LogP contribution in [0, 0.1) is 0 Å². The number of hydrogen-bond acceptors (Lipinski definition) is 1. The maximum absolute atomic E-state index is 5.64. The van der Waals surface area contributed by atoms with E-state index >= 15 is 0 Å². The molecular formula is C26H25N. The Balaban J connectivity index is 1.78. The van der Waals surface area contributed by atoms with Crippen LogP contribution in [0.1, 0.15) is 31.2 Å². The van der Waals surface area contributed by atoms with Gasteiger partial charge in [-0.05, 0) is 74.5 Å². The third-order valence-corrected chi connectivity index (χ3v) is 6.00. The van der Waals surface area contributed by atoms with Crippen molar-refractivity contribution in [1.29, 1.82) is 0 Å². The van der Waals surface area contributed by atoms with Crippen molar-refractivity contribution in [2.75, 3.05) is 6.54 Å². The van der Waals surface area contributed by atoms with Gasteiger partial charge < -0.3 is 5.73 Å². The molecule has 0 atom stereocenters. The SMILES string of the molecule is NCCCCCCc1ccc2cccc3c4cccc5cccc(c1c23)c54. The molecular weight excluding hydrogens is 326 g/mol. The Morgan fingerprint density at radius 1 is 0.519 bits per heavy atom. The average molecular weight is 351 g/mol. The monoisotopic (exact) mass is 351 g/mol. The quantitative estimate of drug-likeness (QED) is 0.203. The topological polar surface area (TPSA) is 26.0 Å². The van der Waals surface area contributed by atoms with E-state index < -0.39 is 0 Å². The second-order valence-corrected chi connectivity index (χ2v) is 7.67. The molecule has 5 rings (SSSR count). The van der Waals surface area contributed by atoms with Crippen LogP contribution in [0.5, 0.6) is 0 Å². The summed E-state index contributed by atoms with van der Waals surface area (Å²) >= 11 is 0. The molecule has 0 bridgehead atoms. The first-order valence-electron chi connectivity index (χ1n) is 10.2. The molecule has 0 fully saturated rings. The molecule has 5 aromatic rings. The molecule has 27 heavy (non-hydrogen) atoms. The van der Waals surface area contributed by atoms with Crippen LogP contribution in [-0.4, -0.2) is 6.54 Å². The Kier molecular flexibility index (Phi) is 4.18. The second-order valence-electron chi connectivity index (χ2n) is 7.67. The van der Waals surface area contributed by atoms with Gasteiger partial charge in [-0.15, -0.1) is 0 Å². The predicted octanol–water partition coefficient (Wildman–Crippen LogP) is 6.80. The Bertz CT molecular complexity index is 1230. The third-order valence-electron chi connectivity index (χ3n) is 6.00. The van der Waals surface area contributed by atoms with Gasteiger partial charge in [0.1, 0.15) is 0 Å². The lowest BCUT2D eigenvalue weighted by atomic mass is 9.86. The smallest absolute Gasteiger partial charge is 0.00236 e. The molecule has 2 N–H and O–H groups in total. The van der Waals surface area contributed by atoms with Crippen molar-refractivity contribution in [1.82, 2.24) is 0 Å². The molecule has 0 spiro atoms. The lowest BCUT2D eigenvalue weighted by molar-refractivity contribution is 0.648. The maximum atomic E-state index is 5.64. The van der Waals surface area contributed by atoms with Crippen LogP contribution < -0.4 is 5.73 Å². The first-order valence-corrected chi connectivity index (χ1v) is 10.2. The van der Waals surface area contributed by atoms with Gasteiger partial charge in [0.25, 0.3) is 0 Å². The fourth-order valence-electron chi connectivity index (χ4n) is 4.75. The number of unbranched alkanes of at least 4 members (excludes halogenated alkanes) is 3. The van der Waals surface area contributed by atoms with E-state index in [0.717, 1.165) is 19.4 Å². The fraction of sp³-hybridized carbons (Fsp3) is 0.231. The zero-order valence-corrected chi connectivity index (χ0v) is 15.7. The van der Waals surface area contributed by atoms with E-state index in [9.17, 15) is 0 Å². The van der Waals surface area contributed by atoms with Crippen LogP contribution in [0.15, 0.2) is 66.7 Å². The molecule has 134 valence electrons. The van der Waals surface area contributed by atoms with Gasteiger partial charge in [-0.2, -0.15) is 0 Å². The zero-order valence-electron chi connectivity index (χ0n) is 15.7. The van der Waals surface area contributed by atoms with E-state index in [1.54, 1.807) is 0 Å². The summed E-state index contributed by atoms with van der Waals surface area (Å²) in [5, 5.41) is 11.2. The highest BCUT2D eigenvalue weighted by molar-refractivity contribution is 6.33. The summed E-state index contributed by atoms with van der Waals surface area (Å²) in [4.78, 5) is 0. The number of hydrogen-bond donors (Lipinski definition) is 1. The molecule has 0 aromatic heterocycles. The van der Waals surface area contributed by atoms with E-state index in [1.807, 2.05) is 0 Å². The summed E-state index contributed by atoms with van der Waals surface area (Å²) in [6.45, 7) is 0.809. The van der Waals surface area contributed by atoms with Crippen molar-refractivity contribution in [3.8, 4) is 0 Å². The van der Waals surface area contributed by atoms with Crippen molar-refractivity contribution in [3.63, 3.8) is 0 Å². The molecule has 0 aliphatic carbocycles. The minimum atomic E-state index is 0.809. The molecule has 0 radical (unpaired) electrons. The molecule has 1 nitrogen and oxygen atoms in total. The first kappa shape index (κ1) is 16.5. The molecule has 0 aliphatic heterocycles. The van der Waals surface area contributed by atoms with Gasteiger partial charge in [-0.25, -0.2) is 0 Å². The number of fused-ring (bicyclic) bond motifs is 2. The summed E-state index contributed by atoms with van der Waals surface area (Å²) in [5.41, 5.74) is 7.13. The molecule has 0 heterocycles. The van der Waals surface area contributed by atoms with Crippen molar-refractivity contribution in [2.24, 2.45) is 5.73 Å². The number of aryl methyl sites for hydroxylation is 1. The van der Waals surface area contributed by atoms with Crippen LogP contribution in [-0.2, 0) is 6.42 Å². The van der Waals surface area contributed by atoms with Gasteiger partial charge in [-0.1, -0.05) is 79.6 Å². The summed E-state index contributed by atoms with van der Waals surface area (Å²) in [6, 6.07) is 24.9. The van der Waals surface area contributed by atoms with E-state index in [-0.39, 0.29) is 0 Å². The van der Waals surface area contributed by atoms with E-state index in [1.165, 1.54) is 67.9 Å². The van der Waals surface area contributed by atoms with Crippen LogP contribution in [0.4, 0.5) is 0 Å². The van der Waals surface area contributed by atoms with Crippen molar-refractivity contribution >= 4 is 43.1 Å². The van der Waals surface area contributed by atoms with E-state index in [0.29, 0.717) is 0 Å². The van der Waals surface area contributed by atoms with Gasteiger partial charge >= 0.3 is 0 Å². The predicted molar refractivity (Wildman–Crippen MR) is 119 cm³/mol. The van der Waals surface area contributed by atoms with Crippen LogP contribution in [0.3, 0.4) is 0 Å². The first-order chi connectivity index (χ1) is 13.4. The summed E-state index contributed by atoms with van der Waals surface area (Å²) in [5.74, 6) is 0. The largest absolute Gasteiger partial charge is 0.330 e. The minimum Gasteiger partial charge on any atom is -0.330 e.